The van der Waals surface area contributed by atoms with Crippen molar-refractivity contribution in [1.82, 2.24) is 5.43 Å². The Morgan fingerprint density at radius 3 is 2.74 bits per heavy atom. The van der Waals surface area contributed by atoms with Crippen LogP contribution in [-0.2, 0) is 4.79 Å². The smallest absolute Gasteiger partial charge is 0.277 e. The molecule has 0 saturated carbocycles. The summed E-state index contributed by atoms with van der Waals surface area (Å²) in [7, 11) is 0. The van der Waals surface area contributed by atoms with Crippen LogP contribution in [0.4, 0.5) is 0 Å². The van der Waals surface area contributed by atoms with Crippen LogP contribution in [0.2, 0.25) is 5.02 Å². The number of ether oxygens (including phenoxy) is 1. The van der Waals surface area contributed by atoms with Gasteiger partial charge in [-0.2, -0.15) is 10.4 Å². The minimum Gasteiger partial charge on any atom is -0.482 e. The second kappa shape index (κ2) is 8.70. The number of nitriles is 1. The Labute approximate surface area is 160 Å². The largest absolute Gasteiger partial charge is 0.482 e. The van der Waals surface area contributed by atoms with E-state index >= 15 is 0 Å². The van der Waals surface area contributed by atoms with Gasteiger partial charge in [0.05, 0.1) is 11.8 Å². The van der Waals surface area contributed by atoms with Crippen molar-refractivity contribution in [3.05, 3.63) is 77.0 Å². The molecule has 0 aliphatic heterocycles. The van der Waals surface area contributed by atoms with Crippen LogP contribution >= 0.6 is 11.6 Å². The van der Waals surface area contributed by atoms with Crippen LogP contribution in [0.5, 0.6) is 5.75 Å². The lowest BCUT2D eigenvalue weighted by Gasteiger charge is -2.05. The van der Waals surface area contributed by atoms with E-state index in [1.165, 1.54) is 6.21 Å². The lowest BCUT2D eigenvalue weighted by molar-refractivity contribution is -0.123. The average molecular weight is 380 g/mol. The van der Waals surface area contributed by atoms with Crippen LogP contribution in [0.25, 0.3) is 11.3 Å². The van der Waals surface area contributed by atoms with Crippen LogP contribution in [0.1, 0.15) is 11.3 Å². The highest BCUT2D eigenvalue weighted by Gasteiger charge is 2.06. The minimum atomic E-state index is -0.455. The summed E-state index contributed by atoms with van der Waals surface area (Å²) < 4.78 is 11.0. The molecule has 134 valence electrons. The molecule has 0 bridgehead atoms. The third-order valence-corrected chi connectivity index (χ3v) is 3.75. The predicted molar refractivity (Wildman–Crippen MR) is 102 cm³/mol. The fourth-order valence-corrected chi connectivity index (χ4v) is 2.35. The minimum absolute atomic E-state index is 0.260. The van der Waals surface area contributed by atoms with Crippen molar-refractivity contribution >= 4 is 23.7 Å². The van der Waals surface area contributed by atoms with Gasteiger partial charge in [-0.1, -0.05) is 23.7 Å². The number of rotatable bonds is 6. The standard InChI is InChI=1S/C20H14ClN3O3/c21-16-7-5-14(6-8-16)19-10-9-17(27-19)12-23-24-20(25)13-26-18-4-2-1-3-15(18)11-22/h1-10,12H,13H2,(H,24,25). The molecule has 1 aromatic heterocycles. The molecule has 6 nitrogen and oxygen atoms in total. The first kappa shape index (κ1) is 18.2. The van der Waals surface area contributed by atoms with Gasteiger partial charge in [-0.05, 0) is 48.5 Å². The van der Waals surface area contributed by atoms with Gasteiger partial charge in [-0.15, -0.1) is 0 Å². The number of nitrogens with one attached hydrogen (secondary N) is 1. The topological polar surface area (TPSA) is 87.6 Å². The number of carbonyl (C=O) groups excluding carboxylic acids is 1. The molecule has 0 aliphatic rings. The molecule has 1 heterocycles. The lowest BCUT2D eigenvalue weighted by Crippen LogP contribution is -2.24. The van der Waals surface area contributed by atoms with Crippen LogP contribution < -0.4 is 10.2 Å². The van der Waals surface area contributed by atoms with Gasteiger partial charge in [0.2, 0.25) is 0 Å². The van der Waals surface area contributed by atoms with Crippen molar-refractivity contribution in [3.63, 3.8) is 0 Å². The molecule has 0 saturated heterocycles. The first-order valence-corrected chi connectivity index (χ1v) is 8.33. The van der Waals surface area contributed by atoms with E-state index in [1.807, 2.05) is 18.2 Å². The Morgan fingerprint density at radius 1 is 1.19 bits per heavy atom. The zero-order valence-electron chi connectivity index (χ0n) is 14.1. The number of hydrogen-bond donors (Lipinski definition) is 1. The number of carbonyl (C=O) groups is 1. The zero-order chi connectivity index (χ0) is 19.1. The molecule has 7 heteroatoms. The quantitative estimate of drug-likeness (QED) is 0.518. The van der Waals surface area contributed by atoms with E-state index in [9.17, 15) is 4.79 Å². The number of halogens is 1. The van der Waals surface area contributed by atoms with Gasteiger partial charge in [0, 0.05) is 10.6 Å². The summed E-state index contributed by atoms with van der Waals surface area (Å²) in [6, 6.07) is 19.5. The molecule has 0 unspecified atom stereocenters. The highest BCUT2D eigenvalue weighted by Crippen LogP contribution is 2.23. The number of para-hydroxylation sites is 1. The number of amides is 1. The summed E-state index contributed by atoms with van der Waals surface area (Å²) in [5.41, 5.74) is 3.58. The van der Waals surface area contributed by atoms with Crippen LogP contribution in [-0.4, -0.2) is 18.7 Å². The van der Waals surface area contributed by atoms with Crippen molar-refractivity contribution in [1.29, 1.82) is 5.26 Å². The molecule has 0 aliphatic carbocycles. The Morgan fingerprint density at radius 2 is 1.96 bits per heavy atom. The summed E-state index contributed by atoms with van der Waals surface area (Å²) in [5.74, 6) is 1.04. The number of benzene rings is 2. The second-order valence-corrected chi connectivity index (χ2v) is 5.84. The van der Waals surface area contributed by atoms with Gasteiger partial charge in [-0.3, -0.25) is 4.79 Å². The number of hydrazone groups is 1. The summed E-state index contributed by atoms with van der Waals surface area (Å²) in [4.78, 5) is 11.8. The van der Waals surface area contributed by atoms with Crippen LogP contribution in [0.15, 0.2) is 70.2 Å². The number of nitrogens with zero attached hydrogens (tertiary/aromatic N) is 2. The summed E-state index contributed by atoms with van der Waals surface area (Å²) in [6.07, 6.45) is 1.39. The predicted octanol–water partition coefficient (Wildman–Crippen LogP) is 4.00. The molecule has 1 N–H and O–H groups in total. The van der Waals surface area contributed by atoms with E-state index in [-0.39, 0.29) is 6.61 Å². The maximum absolute atomic E-state index is 11.8. The molecule has 3 rings (SSSR count). The first-order chi connectivity index (χ1) is 13.2. The molecule has 0 radical (unpaired) electrons. The Balaban J connectivity index is 1.52. The van der Waals surface area contributed by atoms with Crippen molar-refractivity contribution in [2.45, 2.75) is 0 Å². The monoisotopic (exact) mass is 379 g/mol. The highest BCUT2D eigenvalue weighted by molar-refractivity contribution is 6.30. The van der Waals surface area contributed by atoms with Crippen molar-refractivity contribution < 1.29 is 13.9 Å². The van der Waals surface area contributed by atoms with E-state index in [0.717, 1.165) is 5.56 Å². The fraction of sp³-hybridized carbons (Fsp3) is 0.0500. The molecular formula is C20H14ClN3O3. The van der Waals surface area contributed by atoms with Gasteiger partial charge < -0.3 is 9.15 Å². The molecule has 1 amide bonds. The molecule has 27 heavy (non-hydrogen) atoms. The molecule has 0 fully saturated rings. The van der Waals surface area contributed by atoms with Gasteiger partial charge in [-0.25, -0.2) is 5.43 Å². The van der Waals surface area contributed by atoms with Gasteiger partial charge in [0.1, 0.15) is 23.3 Å². The lowest BCUT2D eigenvalue weighted by atomic mass is 10.2. The Bertz CT molecular complexity index is 1000. The van der Waals surface area contributed by atoms with E-state index < -0.39 is 5.91 Å². The van der Waals surface area contributed by atoms with Gasteiger partial charge in [0.15, 0.2) is 6.61 Å². The fourth-order valence-electron chi connectivity index (χ4n) is 2.22. The highest BCUT2D eigenvalue weighted by atomic mass is 35.5. The van der Waals surface area contributed by atoms with Crippen molar-refractivity contribution in [2.24, 2.45) is 5.10 Å². The molecule has 0 spiro atoms. The molecular weight excluding hydrogens is 366 g/mol. The van der Waals surface area contributed by atoms with Crippen molar-refractivity contribution in [3.8, 4) is 23.1 Å². The number of furan rings is 1. The SMILES string of the molecule is N#Cc1ccccc1OCC(=O)NN=Cc1ccc(-c2ccc(Cl)cc2)o1. The second-order valence-electron chi connectivity index (χ2n) is 5.40. The van der Waals surface area contributed by atoms with E-state index in [1.54, 1.807) is 48.5 Å². The third kappa shape index (κ3) is 4.97. The van der Waals surface area contributed by atoms with Gasteiger partial charge in [0.25, 0.3) is 5.91 Å². The summed E-state index contributed by atoms with van der Waals surface area (Å²) in [5, 5.41) is 13.5. The van der Waals surface area contributed by atoms with Crippen LogP contribution in [0.3, 0.4) is 0 Å². The van der Waals surface area contributed by atoms with Crippen molar-refractivity contribution in [2.75, 3.05) is 6.61 Å². The number of hydrogen-bond acceptors (Lipinski definition) is 5. The maximum Gasteiger partial charge on any atom is 0.277 e. The summed E-state index contributed by atoms with van der Waals surface area (Å²) >= 11 is 5.87. The summed E-state index contributed by atoms with van der Waals surface area (Å²) in [6.45, 7) is -0.260. The Hall–Kier alpha value is -3.56. The third-order valence-electron chi connectivity index (χ3n) is 3.50. The zero-order valence-corrected chi connectivity index (χ0v) is 14.8. The van der Waals surface area contributed by atoms with E-state index in [4.69, 9.17) is 26.0 Å². The van der Waals surface area contributed by atoms with E-state index in [2.05, 4.69) is 10.5 Å². The average Bonchev–Trinajstić information content (AvgIpc) is 3.16. The van der Waals surface area contributed by atoms with Gasteiger partial charge >= 0.3 is 0 Å². The molecule has 2 aromatic carbocycles. The normalized spacial score (nSPS) is 10.5. The first-order valence-electron chi connectivity index (χ1n) is 7.95. The maximum atomic E-state index is 11.8. The Kier molecular flexibility index (Phi) is 5.87. The molecule has 3 aromatic rings. The van der Waals surface area contributed by atoms with Crippen LogP contribution in [0, 0.1) is 11.3 Å². The molecule has 0 atom stereocenters. The van der Waals surface area contributed by atoms with E-state index in [0.29, 0.717) is 27.9 Å².